The van der Waals surface area contributed by atoms with Gasteiger partial charge in [0.1, 0.15) is 18.1 Å². The Morgan fingerprint density at radius 2 is 1.82 bits per heavy atom. The van der Waals surface area contributed by atoms with Crippen LogP contribution < -0.4 is 10.3 Å². The molecule has 4 aromatic rings. The first-order valence-electron chi connectivity index (χ1n) is 10.2. The van der Waals surface area contributed by atoms with Crippen LogP contribution in [0.4, 0.5) is 5.69 Å². The Balaban J connectivity index is 1.32. The lowest BCUT2D eigenvalue weighted by Gasteiger charge is -2.09. The number of aromatic nitrogens is 2. The van der Waals surface area contributed by atoms with Gasteiger partial charge >= 0.3 is 11.7 Å². The van der Waals surface area contributed by atoms with Crippen LogP contribution in [0.5, 0.6) is 11.5 Å². The SMILES string of the molecule is O=C(CCc1nc2ccccc2[nH]c1=O)OCc1ccc(Oc2c(Cl)cccc2[N+](=O)[O-])cc1. The number of ether oxygens (including phenoxy) is 2. The fraction of sp³-hybridized carbons (Fsp3) is 0.125. The summed E-state index contributed by atoms with van der Waals surface area (Å²) >= 11 is 6.04. The van der Waals surface area contributed by atoms with Crippen LogP contribution >= 0.6 is 11.6 Å². The van der Waals surface area contributed by atoms with Gasteiger partial charge in [0.25, 0.3) is 5.56 Å². The third-order valence-corrected chi connectivity index (χ3v) is 5.22. The fourth-order valence-electron chi connectivity index (χ4n) is 3.21. The number of aryl methyl sites for hydroxylation is 1. The van der Waals surface area contributed by atoms with E-state index in [-0.39, 0.29) is 47.2 Å². The second kappa shape index (κ2) is 10.1. The van der Waals surface area contributed by atoms with Gasteiger partial charge in [0.05, 0.1) is 27.4 Å². The van der Waals surface area contributed by atoms with E-state index in [0.29, 0.717) is 22.3 Å². The van der Waals surface area contributed by atoms with Gasteiger partial charge < -0.3 is 14.5 Å². The molecule has 0 saturated carbocycles. The number of nitro benzene ring substituents is 1. The van der Waals surface area contributed by atoms with Gasteiger partial charge in [0.15, 0.2) is 0 Å². The molecule has 0 aliphatic heterocycles. The molecule has 0 amide bonds. The third kappa shape index (κ3) is 5.38. The van der Waals surface area contributed by atoms with E-state index in [9.17, 15) is 19.7 Å². The number of nitrogens with zero attached hydrogens (tertiary/aromatic N) is 2. The van der Waals surface area contributed by atoms with Crippen molar-refractivity contribution >= 4 is 34.3 Å². The van der Waals surface area contributed by atoms with Gasteiger partial charge in [-0.05, 0) is 35.9 Å². The number of para-hydroxylation sites is 3. The van der Waals surface area contributed by atoms with Crippen LogP contribution in [0.2, 0.25) is 5.02 Å². The molecular formula is C24H18ClN3O6. The quantitative estimate of drug-likeness (QED) is 0.215. The number of hydrogen-bond acceptors (Lipinski definition) is 7. The first-order valence-corrected chi connectivity index (χ1v) is 10.6. The van der Waals surface area contributed by atoms with Crippen molar-refractivity contribution in [2.24, 2.45) is 0 Å². The Morgan fingerprint density at radius 1 is 1.06 bits per heavy atom. The zero-order valence-corrected chi connectivity index (χ0v) is 18.4. The predicted octanol–water partition coefficient (Wildman–Crippen LogP) is 4.95. The second-order valence-electron chi connectivity index (χ2n) is 7.28. The lowest BCUT2D eigenvalue weighted by atomic mass is 10.2. The number of esters is 1. The summed E-state index contributed by atoms with van der Waals surface area (Å²) < 4.78 is 10.9. The molecule has 34 heavy (non-hydrogen) atoms. The number of hydrogen-bond donors (Lipinski definition) is 1. The summed E-state index contributed by atoms with van der Waals surface area (Å²) in [4.78, 5) is 42.0. The van der Waals surface area contributed by atoms with Gasteiger partial charge in [-0.15, -0.1) is 0 Å². The first kappa shape index (κ1) is 22.9. The molecule has 0 radical (unpaired) electrons. The maximum atomic E-state index is 12.1. The Hall–Kier alpha value is -4.24. The number of nitro groups is 1. The number of benzene rings is 3. The molecule has 0 saturated heterocycles. The number of fused-ring (bicyclic) bond motifs is 1. The minimum Gasteiger partial charge on any atom is -0.461 e. The first-order chi connectivity index (χ1) is 16.4. The minimum atomic E-state index is -0.573. The summed E-state index contributed by atoms with van der Waals surface area (Å²) in [6.45, 7) is 0.0207. The van der Waals surface area contributed by atoms with E-state index in [4.69, 9.17) is 21.1 Å². The van der Waals surface area contributed by atoms with Crippen LogP contribution in [0, 0.1) is 10.1 Å². The molecule has 0 fully saturated rings. The molecule has 0 atom stereocenters. The predicted molar refractivity (Wildman–Crippen MR) is 125 cm³/mol. The van der Waals surface area contributed by atoms with Crippen molar-refractivity contribution in [2.45, 2.75) is 19.4 Å². The van der Waals surface area contributed by atoms with Gasteiger partial charge in [0.2, 0.25) is 5.75 Å². The maximum Gasteiger partial charge on any atom is 0.313 e. The zero-order valence-electron chi connectivity index (χ0n) is 17.7. The van der Waals surface area contributed by atoms with Crippen LogP contribution in [0.3, 0.4) is 0 Å². The van der Waals surface area contributed by atoms with E-state index in [1.165, 1.54) is 18.2 Å². The van der Waals surface area contributed by atoms with E-state index in [0.717, 1.165) is 0 Å². The number of aromatic amines is 1. The van der Waals surface area contributed by atoms with Crippen LogP contribution in [0.15, 0.2) is 71.5 Å². The highest BCUT2D eigenvalue weighted by Gasteiger charge is 2.19. The zero-order chi connectivity index (χ0) is 24.1. The molecule has 0 spiro atoms. The van der Waals surface area contributed by atoms with Crippen molar-refractivity contribution in [1.29, 1.82) is 0 Å². The smallest absolute Gasteiger partial charge is 0.313 e. The number of rotatable bonds is 8. The summed E-state index contributed by atoms with van der Waals surface area (Å²) in [5.41, 5.74) is 1.67. The van der Waals surface area contributed by atoms with Crippen molar-refractivity contribution in [3.63, 3.8) is 0 Å². The molecular weight excluding hydrogens is 462 g/mol. The molecule has 3 aromatic carbocycles. The van der Waals surface area contributed by atoms with E-state index in [1.807, 2.05) is 6.07 Å². The molecule has 1 heterocycles. The second-order valence-corrected chi connectivity index (χ2v) is 7.69. The minimum absolute atomic E-state index is 0.00574. The number of H-pyrrole nitrogens is 1. The average Bonchev–Trinajstić information content (AvgIpc) is 2.83. The van der Waals surface area contributed by atoms with E-state index < -0.39 is 10.9 Å². The largest absolute Gasteiger partial charge is 0.461 e. The van der Waals surface area contributed by atoms with Crippen molar-refractivity contribution in [1.82, 2.24) is 9.97 Å². The van der Waals surface area contributed by atoms with Crippen LogP contribution in [0.25, 0.3) is 11.0 Å². The van der Waals surface area contributed by atoms with Crippen LogP contribution in [0.1, 0.15) is 17.7 Å². The van der Waals surface area contributed by atoms with Crippen molar-refractivity contribution in [3.05, 3.63) is 103 Å². The molecule has 4 rings (SSSR count). The average molecular weight is 480 g/mol. The fourth-order valence-corrected chi connectivity index (χ4v) is 3.42. The summed E-state index contributed by atoms with van der Waals surface area (Å²) in [6.07, 6.45) is 0.161. The highest BCUT2D eigenvalue weighted by Crippen LogP contribution is 2.37. The van der Waals surface area contributed by atoms with Gasteiger partial charge in [-0.1, -0.05) is 41.9 Å². The van der Waals surface area contributed by atoms with E-state index in [1.54, 1.807) is 42.5 Å². The molecule has 9 nitrogen and oxygen atoms in total. The number of carbonyl (C=O) groups is 1. The highest BCUT2D eigenvalue weighted by atomic mass is 35.5. The lowest BCUT2D eigenvalue weighted by molar-refractivity contribution is -0.385. The van der Waals surface area contributed by atoms with E-state index >= 15 is 0 Å². The Labute approximate surface area is 198 Å². The van der Waals surface area contributed by atoms with Gasteiger partial charge in [-0.25, -0.2) is 4.98 Å². The maximum absolute atomic E-state index is 12.1. The molecule has 1 aromatic heterocycles. The topological polar surface area (TPSA) is 124 Å². The van der Waals surface area contributed by atoms with Gasteiger partial charge in [-0.3, -0.25) is 19.7 Å². The van der Waals surface area contributed by atoms with E-state index in [2.05, 4.69) is 9.97 Å². The molecule has 1 N–H and O–H groups in total. The molecule has 0 unspecified atom stereocenters. The number of carbonyl (C=O) groups excluding carboxylic acids is 1. The number of halogens is 1. The molecule has 0 aliphatic carbocycles. The van der Waals surface area contributed by atoms with Crippen molar-refractivity contribution in [3.8, 4) is 11.5 Å². The summed E-state index contributed by atoms with van der Waals surface area (Å²) in [6, 6.07) is 17.9. The molecule has 10 heteroatoms. The Bertz CT molecular complexity index is 1420. The van der Waals surface area contributed by atoms with Gasteiger partial charge in [0, 0.05) is 12.5 Å². The number of nitrogens with one attached hydrogen (secondary N) is 1. The third-order valence-electron chi connectivity index (χ3n) is 4.92. The van der Waals surface area contributed by atoms with Crippen molar-refractivity contribution < 1.29 is 19.2 Å². The molecule has 0 aliphatic rings. The summed E-state index contributed by atoms with van der Waals surface area (Å²) in [7, 11) is 0. The highest BCUT2D eigenvalue weighted by molar-refractivity contribution is 6.32. The standard InChI is InChI=1S/C24H18ClN3O6/c25-17-4-3-7-21(28(31)32)23(17)34-16-10-8-15(9-11-16)14-33-22(29)13-12-20-24(30)27-19-6-2-1-5-18(19)26-20/h1-11H,12-14H2,(H,27,30). The monoisotopic (exact) mass is 479 g/mol. The molecule has 0 bridgehead atoms. The molecule has 172 valence electrons. The Morgan fingerprint density at radius 3 is 2.59 bits per heavy atom. The van der Waals surface area contributed by atoms with Crippen LogP contribution in [-0.2, 0) is 22.6 Å². The van der Waals surface area contributed by atoms with Crippen molar-refractivity contribution in [2.75, 3.05) is 0 Å². The Kier molecular flexibility index (Phi) is 6.84. The van der Waals surface area contributed by atoms with Gasteiger partial charge in [-0.2, -0.15) is 0 Å². The summed E-state index contributed by atoms with van der Waals surface area (Å²) in [5, 5.41) is 11.3. The normalized spacial score (nSPS) is 10.7. The lowest BCUT2D eigenvalue weighted by Crippen LogP contribution is -2.17. The summed E-state index contributed by atoms with van der Waals surface area (Å²) in [5.74, 6) is -0.181. The van der Waals surface area contributed by atoms with Crippen LogP contribution in [-0.4, -0.2) is 20.9 Å².